The topological polar surface area (TPSA) is 90.9 Å². The molecule has 0 radical (unpaired) electrons. The Morgan fingerprint density at radius 3 is 1.60 bits per heavy atom. The van der Waals surface area contributed by atoms with Crippen molar-refractivity contribution >= 4 is 5.91 Å². The van der Waals surface area contributed by atoms with Crippen molar-refractivity contribution < 1.29 is 34.2 Å². The first-order chi connectivity index (χ1) is 9.63. The molecule has 0 saturated carbocycles. The quantitative estimate of drug-likeness (QED) is 0.400. The van der Waals surface area contributed by atoms with Crippen LogP contribution < -0.4 is 5.73 Å². The fourth-order valence-corrected chi connectivity index (χ4v) is 1.19. The van der Waals surface area contributed by atoms with Crippen LogP contribution in [0.25, 0.3) is 0 Å². The Morgan fingerprint density at radius 2 is 1.20 bits per heavy atom. The number of amides is 1. The minimum atomic E-state index is -0.230. The third kappa shape index (κ3) is 17.4. The van der Waals surface area contributed by atoms with Crippen LogP contribution in [-0.4, -0.2) is 71.5 Å². The van der Waals surface area contributed by atoms with Crippen LogP contribution in [0.2, 0.25) is 0 Å². The summed E-state index contributed by atoms with van der Waals surface area (Å²) in [6, 6.07) is 0. The summed E-state index contributed by atoms with van der Waals surface area (Å²) in [6.07, 6.45) is 0.239. The summed E-state index contributed by atoms with van der Waals surface area (Å²) in [5.41, 5.74) is 3.20. The van der Waals surface area contributed by atoms with Gasteiger partial charge in [0.2, 0.25) is 0 Å². The highest BCUT2D eigenvalue weighted by atomic mass is 16.6. The van der Waals surface area contributed by atoms with Crippen molar-refractivity contribution in [3.63, 3.8) is 0 Å². The standard InChI is InChI=1S/C13H27NO6/c1-12(2)20-10-9-18-6-5-16-3-4-17-7-8-19-11-13(14)15/h12H,3-11H2,1-2H3,(H2,14,15)/p+1. The molecule has 0 aliphatic rings. The Balaban J connectivity index is 2.97. The van der Waals surface area contributed by atoms with Gasteiger partial charge in [-0.1, -0.05) is 0 Å². The molecule has 0 aromatic carbocycles. The Kier molecular flexibility index (Phi) is 14.4. The lowest BCUT2D eigenvalue weighted by Gasteiger charge is -2.08. The van der Waals surface area contributed by atoms with E-state index >= 15 is 0 Å². The van der Waals surface area contributed by atoms with Crippen LogP contribution in [0.15, 0.2) is 0 Å². The van der Waals surface area contributed by atoms with E-state index in [9.17, 15) is 4.79 Å². The summed E-state index contributed by atoms with van der Waals surface area (Å²) in [5, 5.41) is 0. The van der Waals surface area contributed by atoms with E-state index in [2.05, 4.69) is 5.73 Å². The van der Waals surface area contributed by atoms with Gasteiger partial charge in [-0.3, -0.25) is 5.73 Å². The van der Waals surface area contributed by atoms with Crippen molar-refractivity contribution in [1.29, 1.82) is 0 Å². The van der Waals surface area contributed by atoms with E-state index in [0.717, 1.165) is 0 Å². The Morgan fingerprint density at radius 1 is 0.800 bits per heavy atom. The molecule has 3 N–H and O–H groups in total. The number of hydrogen-bond acceptors (Lipinski definition) is 6. The zero-order chi connectivity index (χ0) is 15.1. The molecule has 0 spiro atoms. The first-order valence-electron chi connectivity index (χ1n) is 6.90. The molecule has 0 heterocycles. The fraction of sp³-hybridized carbons (Fsp3) is 0.923. The highest BCUT2D eigenvalue weighted by molar-refractivity contribution is 5.65. The van der Waals surface area contributed by atoms with Crippen molar-refractivity contribution in [1.82, 2.24) is 0 Å². The maximum Gasteiger partial charge on any atom is 0.334 e. The third-order valence-corrected chi connectivity index (χ3v) is 2.06. The lowest BCUT2D eigenvalue weighted by Crippen LogP contribution is -2.59. The van der Waals surface area contributed by atoms with Crippen LogP contribution in [0.5, 0.6) is 0 Å². The number of quaternary nitrogens is 1. The van der Waals surface area contributed by atoms with Crippen LogP contribution in [0.1, 0.15) is 13.8 Å². The molecule has 7 nitrogen and oxygen atoms in total. The van der Waals surface area contributed by atoms with Gasteiger partial charge in [-0.15, -0.1) is 0 Å². The van der Waals surface area contributed by atoms with Gasteiger partial charge in [0.25, 0.3) is 0 Å². The predicted octanol–water partition coefficient (Wildman–Crippen LogP) is -0.754. The Labute approximate surface area is 120 Å². The fourth-order valence-electron chi connectivity index (χ4n) is 1.19. The summed E-state index contributed by atoms with van der Waals surface area (Å²) in [4.78, 5) is 10.5. The molecular weight excluding hydrogens is 266 g/mol. The van der Waals surface area contributed by atoms with Crippen molar-refractivity contribution in [2.24, 2.45) is 0 Å². The highest BCUT2D eigenvalue weighted by Crippen LogP contribution is 1.87. The number of ether oxygens (including phenoxy) is 5. The molecule has 0 aromatic rings. The Bertz CT molecular complexity index is 225. The lowest BCUT2D eigenvalue weighted by molar-refractivity contribution is -0.309. The van der Waals surface area contributed by atoms with Crippen LogP contribution in [-0.2, 0) is 28.5 Å². The Hall–Kier alpha value is -0.570. The molecule has 20 heavy (non-hydrogen) atoms. The van der Waals surface area contributed by atoms with Gasteiger partial charge in [0.15, 0.2) is 6.61 Å². The van der Waals surface area contributed by atoms with Gasteiger partial charge in [0.05, 0.1) is 59.0 Å². The van der Waals surface area contributed by atoms with Crippen molar-refractivity contribution in [3.05, 3.63) is 0 Å². The van der Waals surface area contributed by atoms with E-state index in [1.807, 2.05) is 13.8 Å². The maximum absolute atomic E-state index is 10.5. The first kappa shape index (κ1) is 19.4. The van der Waals surface area contributed by atoms with Crippen molar-refractivity contribution in [2.45, 2.75) is 20.0 Å². The van der Waals surface area contributed by atoms with Gasteiger partial charge >= 0.3 is 5.91 Å². The second-order valence-corrected chi connectivity index (χ2v) is 4.35. The molecular formula is C13H28NO6+. The summed E-state index contributed by atoms with van der Waals surface area (Å²) in [7, 11) is 0. The van der Waals surface area contributed by atoms with Gasteiger partial charge in [-0.2, -0.15) is 0 Å². The highest BCUT2D eigenvalue weighted by Gasteiger charge is 1.97. The zero-order valence-corrected chi connectivity index (χ0v) is 12.6. The normalized spacial score (nSPS) is 11.2. The summed E-state index contributed by atoms with van der Waals surface area (Å²) in [6.45, 7) is 8.15. The van der Waals surface area contributed by atoms with E-state index in [0.29, 0.717) is 52.9 Å². The van der Waals surface area contributed by atoms with E-state index in [4.69, 9.17) is 23.7 Å². The van der Waals surface area contributed by atoms with E-state index in [-0.39, 0.29) is 18.6 Å². The first-order valence-corrected chi connectivity index (χ1v) is 6.90. The number of hydrogen-bond donors (Lipinski definition) is 1. The van der Waals surface area contributed by atoms with E-state index in [1.165, 1.54) is 0 Å². The monoisotopic (exact) mass is 294 g/mol. The lowest BCUT2D eigenvalue weighted by atomic mass is 10.5. The van der Waals surface area contributed by atoms with E-state index in [1.54, 1.807) is 0 Å². The molecule has 0 bridgehead atoms. The van der Waals surface area contributed by atoms with Gasteiger partial charge in [0, 0.05) is 0 Å². The average Bonchev–Trinajstić information content (AvgIpc) is 2.38. The van der Waals surface area contributed by atoms with Crippen molar-refractivity contribution in [2.75, 3.05) is 59.5 Å². The number of carbonyl (C=O) groups excluding carboxylic acids is 1. The molecule has 7 heteroatoms. The molecule has 0 aliphatic carbocycles. The predicted molar refractivity (Wildman–Crippen MR) is 72.3 cm³/mol. The van der Waals surface area contributed by atoms with Gasteiger partial charge < -0.3 is 23.7 Å². The molecule has 0 atom stereocenters. The second kappa shape index (κ2) is 14.8. The van der Waals surface area contributed by atoms with Crippen LogP contribution >= 0.6 is 0 Å². The molecule has 0 saturated heterocycles. The minimum Gasteiger partial charge on any atom is -0.377 e. The van der Waals surface area contributed by atoms with Gasteiger partial charge in [-0.05, 0) is 13.8 Å². The molecule has 0 aliphatic heterocycles. The molecule has 1 amide bonds. The summed E-state index contributed by atoms with van der Waals surface area (Å²) >= 11 is 0. The van der Waals surface area contributed by atoms with Crippen LogP contribution in [0.4, 0.5) is 0 Å². The van der Waals surface area contributed by atoms with Crippen LogP contribution in [0.3, 0.4) is 0 Å². The van der Waals surface area contributed by atoms with Crippen molar-refractivity contribution in [3.8, 4) is 0 Å². The van der Waals surface area contributed by atoms with Gasteiger partial charge in [-0.25, -0.2) is 4.79 Å². The number of carbonyl (C=O) groups is 1. The third-order valence-electron chi connectivity index (χ3n) is 2.06. The minimum absolute atomic E-state index is 0.0394. The van der Waals surface area contributed by atoms with Crippen LogP contribution in [0, 0.1) is 0 Å². The molecule has 0 fully saturated rings. The SMILES string of the molecule is CC(C)OCCOCCOCCOCCOCC([NH3+])=O. The molecule has 0 aromatic heterocycles. The average molecular weight is 294 g/mol. The molecule has 0 rings (SSSR count). The molecule has 120 valence electrons. The summed E-state index contributed by atoms with van der Waals surface area (Å²) in [5.74, 6) is -0.230. The zero-order valence-electron chi connectivity index (χ0n) is 12.6. The number of rotatable bonds is 15. The summed E-state index contributed by atoms with van der Waals surface area (Å²) < 4.78 is 26.2. The molecule has 0 unspecified atom stereocenters. The largest absolute Gasteiger partial charge is 0.377 e. The maximum atomic E-state index is 10.5. The van der Waals surface area contributed by atoms with E-state index < -0.39 is 0 Å². The van der Waals surface area contributed by atoms with Gasteiger partial charge in [0.1, 0.15) is 0 Å². The smallest absolute Gasteiger partial charge is 0.334 e. The second-order valence-electron chi connectivity index (χ2n) is 4.35.